The third-order valence-corrected chi connectivity index (χ3v) is 14.4. The highest BCUT2D eigenvalue weighted by Gasteiger charge is 2.45. The van der Waals surface area contributed by atoms with E-state index in [2.05, 4.69) is 37.2 Å². The molecular formula is C48H76N12O16. The molecule has 11 atom stereocenters. The molecule has 5 fully saturated rings. The van der Waals surface area contributed by atoms with Gasteiger partial charge in [-0.05, 0) is 96.9 Å². The number of rotatable bonds is 24. The lowest BCUT2D eigenvalue weighted by Gasteiger charge is -2.33. The number of likely N-dealkylation sites (tertiary alicyclic amines) is 4. The summed E-state index contributed by atoms with van der Waals surface area (Å²) in [7, 11) is 0. The van der Waals surface area contributed by atoms with Crippen molar-refractivity contribution >= 4 is 70.9 Å². The zero-order chi connectivity index (χ0) is 56.0. The van der Waals surface area contributed by atoms with Crippen LogP contribution < -0.4 is 42.5 Å². The molecule has 5 aliphatic heterocycles. The number of carbonyl (C=O) groups is 12. The van der Waals surface area contributed by atoms with Gasteiger partial charge in [0, 0.05) is 26.2 Å². The fraction of sp³-hybridized carbons (Fsp3) is 0.750. The zero-order valence-corrected chi connectivity index (χ0v) is 43.5. The van der Waals surface area contributed by atoms with Crippen LogP contribution in [0.3, 0.4) is 0 Å². The van der Waals surface area contributed by atoms with Crippen LogP contribution in [0.4, 0.5) is 0 Å². The fourth-order valence-corrected chi connectivity index (χ4v) is 10.3. The molecule has 5 rings (SSSR count). The Labute approximate surface area is 439 Å². The molecule has 76 heavy (non-hydrogen) atoms. The topological polar surface area (TPSA) is 395 Å². The Morgan fingerprint density at radius 1 is 0.474 bits per heavy atom. The Bertz CT molecular complexity index is 2180. The Morgan fingerprint density at radius 2 is 0.921 bits per heavy atom. The minimum absolute atomic E-state index is 0.0650. The van der Waals surface area contributed by atoms with Crippen LogP contribution in [0.1, 0.15) is 98.3 Å². The van der Waals surface area contributed by atoms with Gasteiger partial charge in [-0.2, -0.15) is 0 Å². The first kappa shape index (κ1) is 60.3. The zero-order valence-electron chi connectivity index (χ0n) is 43.5. The number of aliphatic carboxylic acids is 1. The maximum absolute atomic E-state index is 14.2. The van der Waals surface area contributed by atoms with E-state index in [4.69, 9.17) is 5.11 Å². The summed E-state index contributed by atoms with van der Waals surface area (Å²) >= 11 is 0. The monoisotopic (exact) mass is 1080 g/mol. The maximum Gasteiger partial charge on any atom is 0.322 e. The largest absolute Gasteiger partial charge is 0.480 e. The second-order valence-electron chi connectivity index (χ2n) is 20.4. The van der Waals surface area contributed by atoms with Crippen LogP contribution >= 0.6 is 0 Å². The van der Waals surface area contributed by atoms with Gasteiger partial charge in [0.25, 0.3) is 0 Å². The number of hydrogen-bond donors (Lipinski definition) is 12. The van der Waals surface area contributed by atoms with Crippen molar-refractivity contribution in [2.24, 2.45) is 5.92 Å². The average molecular weight is 1080 g/mol. The molecule has 0 saturated carbocycles. The average Bonchev–Trinajstić information content (AvgIpc) is 4.26. The molecule has 0 aromatic heterocycles. The van der Waals surface area contributed by atoms with Crippen molar-refractivity contribution in [3.05, 3.63) is 0 Å². The second-order valence-corrected chi connectivity index (χ2v) is 20.4. The molecule has 0 unspecified atom stereocenters. The molecule has 0 aromatic carbocycles. The van der Waals surface area contributed by atoms with Crippen LogP contribution in [0.15, 0.2) is 0 Å². The molecule has 0 bridgehead atoms. The molecule has 12 N–H and O–H groups in total. The van der Waals surface area contributed by atoms with Crippen LogP contribution in [-0.4, -0.2) is 237 Å². The lowest BCUT2D eigenvalue weighted by molar-refractivity contribution is -0.147. The third kappa shape index (κ3) is 15.3. The van der Waals surface area contributed by atoms with Crippen LogP contribution in [-0.2, 0) is 57.5 Å². The Balaban J connectivity index is 1.13. The van der Waals surface area contributed by atoms with Crippen molar-refractivity contribution in [1.82, 2.24) is 62.1 Å². The first-order chi connectivity index (χ1) is 36.1. The third-order valence-electron chi connectivity index (χ3n) is 14.4. The van der Waals surface area contributed by atoms with Crippen molar-refractivity contribution < 1.29 is 78.0 Å². The summed E-state index contributed by atoms with van der Waals surface area (Å²) in [5.74, 6) is -9.34. The van der Waals surface area contributed by atoms with Gasteiger partial charge in [0.15, 0.2) is 0 Å². The Morgan fingerprint density at radius 3 is 1.43 bits per heavy atom. The van der Waals surface area contributed by atoms with Gasteiger partial charge >= 0.3 is 5.97 Å². The second kappa shape index (κ2) is 28.0. The van der Waals surface area contributed by atoms with Crippen LogP contribution in [0.5, 0.6) is 0 Å². The number of nitrogens with zero attached hydrogens (tertiary/aromatic N) is 4. The molecule has 424 valence electrons. The Kier molecular flexibility index (Phi) is 22.3. The molecule has 5 aliphatic rings. The normalized spacial score (nSPS) is 23.7. The molecule has 28 nitrogen and oxygen atoms in total. The lowest BCUT2D eigenvalue weighted by atomic mass is 10.0. The van der Waals surface area contributed by atoms with Crippen molar-refractivity contribution in [3.8, 4) is 0 Å². The van der Waals surface area contributed by atoms with E-state index in [-0.39, 0.29) is 56.1 Å². The summed E-state index contributed by atoms with van der Waals surface area (Å²) < 4.78 is 0. The molecule has 5 heterocycles. The number of amides is 11. The highest BCUT2D eigenvalue weighted by atomic mass is 16.4. The molecule has 0 aromatic rings. The number of carboxylic acid groups (broad SMARTS) is 1. The van der Waals surface area contributed by atoms with Gasteiger partial charge < -0.3 is 82.6 Å². The molecule has 0 radical (unpaired) electrons. The van der Waals surface area contributed by atoms with Crippen molar-refractivity contribution in [2.75, 3.05) is 59.1 Å². The van der Waals surface area contributed by atoms with E-state index in [1.807, 2.05) is 19.2 Å². The summed E-state index contributed by atoms with van der Waals surface area (Å²) in [4.78, 5) is 164. The van der Waals surface area contributed by atoms with Crippen molar-refractivity contribution in [2.45, 2.75) is 165 Å². The molecule has 28 heteroatoms. The summed E-state index contributed by atoms with van der Waals surface area (Å²) in [5.41, 5.74) is 0. The highest BCUT2D eigenvalue weighted by molar-refractivity contribution is 5.99. The summed E-state index contributed by atoms with van der Waals surface area (Å²) in [6, 6.07) is -12.8. The van der Waals surface area contributed by atoms with E-state index in [0.29, 0.717) is 58.0 Å². The molecule has 0 aliphatic carbocycles. The SMILES string of the molecule is CC(C)C[C@H](NC(=O)[C@H](C)NC(=O)[C@@H]1CCCN1C(=O)[C@@H]1CCCN1C(=O)[C@@H]1CCCN1)C(=O)N1CCC[C@H]1C(=O)N[C@@H](CO)C(=O)N[C@@H](CO)C(=O)N[C@@H](C)C(=O)N1CCC[C@H]1C(=O)N[C@@H](CO)C(=O)NCC(=O)O. The molecular weight excluding hydrogens is 1000 g/mol. The minimum atomic E-state index is -1.71. The molecule has 11 amide bonds. The van der Waals surface area contributed by atoms with Gasteiger partial charge in [0.05, 0.1) is 25.9 Å². The van der Waals surface area contributed by atoms with Gasteiger partial charge in [-0.1, -0.05) is 13.8 Å². The minimum Gasteiger partial charge on any atom is -0.480 e. The molecule has 0 spiro atoms. The van der Waals surface area contributed by atoms with Gasteiger partial charge in [0.1, 0.15) is 67.0 Å². The number of aliphatic hydroxyl groups is 3. The van der Waals surface area contributed by atoms with Gasteiger partial charge in [-0.3, -0.25) is 57.5 Å². The quantitative estimate of drug-likeness (QED) is 0.0428. The maximum atomic E-state index is 14.2. The van der Waals surface area contributed by atoms with Crippen molar-refractivity contribution in [1.29, 1.82) is 0 Å². The number of hydrogen-bond acceptors (Lipinski definition) is 16. The summed E-state index contributed by atoms with van der Waals surface area (Å²) in [6.07, 6.45) is 4.75. The lowest BCUT2D eigenvalue weighted by Crippen LogP contribution is -2.61. The van der Waals surface area contributed by atoms with Gasteiger partial charge in [-0.25, -0.2) is 0 Å². The number of nitrogens with one attached hydrogen (secondary N) is 8. The number of carbonyl (C=O) groups excluding carboxylic acids is 11. The van der Waals surface area contributed by atoms with Gasteiger partial charge in [-0.15, -0.1) is 0 Å². The van der Waals surface area contributed by atoms with Crippen LogP contribution in [0, 0.1) is 5.92 Å². The predicted molar refractivity (Wildman–Crippen MR) is 264 cm³/mol. The molecule has 5 saturated heterocycles. The van der Waals surface area contributed by atoms with Crippen LogP contribution in [0.2, 0.25) is 0 Å². The number of aliphatic hydroxyl groups excluding tert-OH is 3. The summed E-state index contributed by atoms with van der Waals surface area (Å²) in [6.45, 7) is 4.40. The first-order valence-electron chi connectivity index (χ1n) is 26.2. The van der Waals surface area contributed by atoms with E-state index in [1.54, 1.807) is 4.90 Å². The summed E-state index contributed by atoms with van der Waals surface area (Å²) in [5, 5.41) is 58.6. The van der Waals surface area contributed by atoms with E-state index in [1.165, 1.54) is 23.6 Å². The van der Waals surface area contributed by atoms with E-state index < -0.39 is 146 Å². The van der Waals surface area contributed by atoms with E-state index >= 15 is 0 Å². The fourth-order valence-electron chi connectivity index (χ4n) is 10.3. The predicted octanol–water partition coefficient (Wildman–Crippen LogP) is -6.13. The number of carboxylic acids is 1. The smallest absolute Gasteiger partial charge is 0.322 e. The van der Waals surface area contributed by atoms with E-state index in [9.17, 15) is 72.9 Å². The highest BCUT2D eigenvalue weighted by Crippen LogP contribution is 2.27. The Hall–Kier alpha value is -6.52. The first-order valence-corrected chi connectivity index (χ1v) is 26.2. The standard InChI is InChI=1S/C48H76N12O16/c1-25(2)20-29(53-38(66)26(3)51-42(70)33-11-8-18-59(33)48(76)36-14-9-19-60(36)46(74)28-10-5-15-49-28)47(75)58-17-7-13-35(58)44(72)56-32(24-63)41(69)54-31(23-62)40(68)52-27(4)45(73)57-16-6-12-34(57)43(71)55-30(22-61)39(67)50-21-37(64)65/h25-36,49,61-63H,5-24H2,1-4H3,(H,50,67)(H,51,70)(H,52,68)(H,53,66)(H,54,69)(H,55,71)(H,56,72)(H,64,65)/t26-,27-,28-,29-,30-,31-,32-,33-,34-,35-,36-/m0/s1. The van der Waals surface area contributed by atoms with E-state index in [0.717, 1.165) is 17.9 Å². The van der Waals surface area contributed by atoms with Crippen molar-refractivity contribution in [3.63, 3.8) is 0 Å². The van der Waals surface area contributed by atoms with Crippen LogP contribution in [0.25, 0.3) is 0 Å². The van der Waals surface area contributed by atoms with Gasteiger partial charge in [0.2, 0.25) is 65.0 Å².